The maximum Gasteiger partial charge on any atom is 0.240 e. The second-order valence-corrected chi connectivity index (χ2v) is 7.69. The summed E-state index contributed by atoms with van der Waals surface area (Å²) in [6.07, 6.45) is 1.28. The molecule has 0 bridgehead atoms. The van der Waals surface area contributed by atoms with Crippen molar-refractivity contribution in [2.45, 2.75) is 6.42 Å². The van der Waals surface area contributed by atoms with Crippen LogP contribution in [-0.4, -0.2) is 40.8 Å². The van der Waals surface area contributed by atoms with Gasteiger partial charge in [-0.3, -0.25) is 9.10 Å². The number of nitrogens with zero attached hydrogens (tertiary/aromatic N) is 1. The lowest BCUT2D eigenvalue weighted by molar-refractivity contribution is -0.119. The Hall–Kier alpha value is -2.68. The van der Waals surface area contributed by atoms with Crippen molar-refractivity contribution in [3.05, 3.63) is 59.7 Å². The molecule has 0 aliphatic rings. The number of rotatable bonds is 8. The number of halogens is 2. The Balaban J connectivity index is 2.02. The number of carbonyl (C=O) groups excluding carboxylic acids is 1. The van der Waals surface area contributed by atoms with Crippen LogP contribution >= 0.6 is 0 Å². The van der Waals surface area contributed by atoms with Crippen molar-refractivity contribution in [1.29, 1.82) is 0 Å². The molecule has 0 saturated heterocycles. The molecule has 1 amide bonds. The molecule has 0 aliphatic heterocycles. The number of methoxy groups -OCH3 is 1. The van der Waals surface area contributed by atoms with Gasteiger partial charge in [0.15, 0.2) is 11.6 Å². The lowest BCUT2D eigenvalue weighted by Crippen LogP contribution is -2.41. The Kier molecular flexibility index (Phi) is 6.73. The van der Waals surface area contributed by atoms with Gasteiger partial charge in [0.05, 0.1) is 13.4 Å². The Morgan fingerprint density at radius 2 is 1.70 bits per heavy atom. The molecule has 0 aliphatic carbocycles. The lowest BCUT2D eigenvalue weighted by atomic mass is 10.1. The van der Waals surface area contributed by atoms with E-state index in [1.165, 1.54) is 0 Å². The van der Waals surface area contributed by atoms with Gasteiger partial charge in [-0.2, -0.15) is 0 Å². The minimum Gasteiger partial charge on any atom is -0.497 e. The minimum atomic E-state index is -4.06. The molecule has 6 nitrogen and oxygen atoms in total. The van der Waals surface area contributed by atoms with Gasteiger partial charge in [0.2, 0.25) is 15.9 Å². The van der Waals surface area contributed by atoms with Crippen molar-refractivity contribution in [1.82, 2.24) is 5.32 Å². The number of para-hydroxylation sites is 1. The van der Waals surface area contributed by atoms with Crippen molar-refractivity contribution in [2.24, 2.45) is 0 Å². The highest BCUT2D eigenvalue weighted by molar-refractivity contribution is 7.92. The fraction of sp³-hybridized carbons (Fsp3) is 0.278. The number of nitrogens with one attached hydrogen (secondary N) is 1. The molecule has 9 heteroatoms. The molecule has 2 aromatic carbocycles. The van der Waals surface area contributed by atoms with Gasteiger partial charge < -0.3 is 10.1 Å². The van der Waals surface area contributed by atoms with Crippen molar-refractivity contribution in [3.8, 4) is 5.75 Å². The van der Waals surface area contributed by atoms with Gasteiger partial charge in [0.1, 0.15) is 18.0 Å². The van der Waals surface area contributed by atoms with E-state index in [4.69, 9.17) is 4.74 Å². The quantitative estimate of drug-likeness (QED) is 0.739. The van der Waals surface area contributed by atoms with Gasteiger partial charge in [-0.05, 0) is 36.2 Å². The molecule has 2 rings (SSSR count). The summed E-state index contributed by atoms with van der Waals surface area (Å²) in [5.74, 6) is -2.09. The van der Waals surface area contributed by atoms with Gasteiger partial charge in [0.25, 0.3) is 0 Å². The Bertz CT molecular complexity index is 882. The number of carbonyl (C=O) groups is 1. The standard InChI is InChI=1S/C18H20F2N2O4S/c1-26-14-8-6-13(7-9-14)10-11-21-17(23)12-22(27(2,24)25)18-15(19)4-3-5-16(18)20/h3-9H,10-12H2,1-2H3,(H,21,23). The molecule has 27 heavy (non-hydrogen) atoms. The van der Waals surface area contributed by atoms with Crippen LogP contribution in [0.1, 0.15) is 5.56 Å². The Labute approximate surface area is 156 Å². The number of amides is 1. The number of ether oxygens (including phenoxy) is 1. The highest BCUT2D eigenvalue weighted by Crippen LogP contribution is 2.25. The normalized spacial score (nSPS) is 11.1. The van der Waals surface area contributed by atoms with Crippen LogP contribution in [0.2, 0.25) is 0 Å². The summed E-state index contributed by atoms with van der Waals surface area (Å²) in [4.78, 5) is 12.1. The molecular formula is C18H20F2N2O4S. The molecule has 2 aromatic rings. The summed E-state index contributed by atoms with van der Waals surface area (Å²) in [6.45, 7) is -0.484. The summed E-state index contributed by atoms with van der Waals surface area (Å²) in [5, 5.41) is 2.55. The van der Waals surface area contributed by atoms with Crippen LogP contribution in [0.3, 0.4) is 0 Å². The van der Waals surface area contributed by atoms with Crippen LogP contribution in [0.25, 0.3) is 0 Å². The number of hydrogen-bond donors (Lipinski definition) is 1. The number of sulfonamides is 1. The first-order valence-electron chi connectivity index (χ1n) is 8.03. The zero-order chi connectivity index (χ0) is 20.0. The summed E-state index contributed by atoms with van der Waals surface area (Å²) in [5.41, 5.74) is 0.168. The van der Waals surface area contributed by atoms with Crippen molar-refractivity contribution in [2.75, 3.05) is 30.8 Å². The molecule has 0 atom stereocenters. The molecular weight excluding hydrogens is 378 g/mol. The molecule has 1 N–H and O–H groups in total. The van der Waals surface area contributed by atoms with E-state index in [1.54, 1.807) is 19.2 Å². The predicted octanol–water partition coefficient (Wildman–Crippen LogP) is 2.10. The zero-order valence-electron chi connectivity index (χ0n) is 14.9. The number of benzene rings is 2. The Morgan fingerprint density at radius 1 is 1.11 bits per heavy atom. The van der Waals surface area contributed by atoms with Gasteiger partial charge in [-0.25, -0.2) is 17.2 Å². The first-order valence-corrected chi connectivity index (χ1v) is 9.88. The van der Waals surface area contributed by atoms with E-state index in [9.17, 15) is 22.0 Å². The van der Waals surface area contributed by atoms with Crippen LogP contribution in [0.5, 0.6) is 5.75 Å². The molecule has 0 radical (unpaired) electrons. The fourth-order valence-corrected chi connectivity index (χ4v) is 3.27. The van der Waals surface area contributed by atoms with Gasteiger partial charge in [0, 0.05) is 6.54 Å². The maximum absolute atomic E-state index is 13.9. The van der Waals surface area contributed by atoms with Crippen molar-refractivity contribution in [3.63, 3.8) is 0 Å². The van der Waals surface area contributed by atoms with Crippen molar-refractivity contribution >= 4 is 21.6 Å². The lowest BCUT2D eigenvalue weighted by Gasteiger charge is -2.22. The summed E-state index contributed by atoms with van der Waals surface area (Å²) < 4.78 is 57.2. The van der Waals surface area contributed by atoms with E-state index in [0.29, 0.717) is 16.5 Å². The van der Waals surface area contributed by atoms with E-state index in [1.807, 2.05) is 12.1 Å². The average molecular weight is 398 g/mol. The largest absolute Gasteiger partial charge is 0.497 e. The second kappa shape index (κ2) is 8.81. The zero-order valence-corrected chi connectivity index (χ0v) is 15.7. The van der Waals surface area contributed by atoms with Gasteiger partial charge in [-0.15, -0.1) is 0 Å². The van der Waals surface area contributed by atoms with Crippen molar-refractivity contribution < 1.29 is 26.7 Å². The van der Waals surface area contributed by atoms with Crippen LogP contribution in [0.4, 0.5) is 14.5 Å². The highest BCUT2D eigenvalue weighted by atomic mass is 32.2. The SMILES string of the molecule is COc1ccc(CCNC(=O)CN(c2c(F)cccc2F)S(C)(=O)=O)cc1. The highest BCUT2D eigenvalue weighted by Gasteiger charge is 2.26. The second-order valence-electron chi connectivity index (χ2n) is 5.79. The summed E-state index contributed by atoms with van der Waals surface area (Å²) in [6, 6.07) is 10.2. The first kappa shape index (κ1) is 20.6. The maximum atomic E-state index is 13.9. The molecule has 0 aromatic heterocycles. The van der Waals surface area contributed by atoms with Crippen LogP contribution in [0, 0.1) is 11.6 Å². The average Bonchev–Trinajstić information content (AvgIpc) is 2.60. The summed E-state index contributed by atoms with van der Waals surface area (Å²) in [7, 11) is -2.51. The molecule has 0 heterocycles. The third-order valence-electron chi connectivity index (χ3n) is 3.77. The van der Waals surface area contributed by atoms with Crippen LogP contribution in [-0.2, 0) is 21.2 Å². The smallest absolute Gasteiger partial charge is 0.240 e. The van der Waals surface area contributed by atoms with Gasteiger partial charge in [-0.1, -0.05) is 18.2 Å². The third-order valence-corrected chi connectivity index (χ3v) is 4.88. The first-order chi connectivity index (χ1) is 12.7. The monoisotopic (exact) mass is 398 g/mol. The fourth-order valence-electron chi connectivity index (χ4n) is 2.41. The predicted molar refractivity (Wildman–Crippen MR) is 98.3 cm³/mol. The Morgan fingerprint density at radius 3 is 2.22 bits per heavy atom. The minimum absolute atomic E-state index is 0.239. The topological polar surface area (TPSA) is 75.7 Å². The molecule has 0 spiro atoms. The van der Waals surface area contributed by atoms with E-state index < -0.39 is 39.8 Å². The van der Waals surface area contributed by atoms with Crippen LogP contribution in [0.15, 0.2) is 42.5 Å². The van der Waals surface area contributed by atoms with E-state index in [0.717, 1.165) is 30.0 Å². The number of anilines is 1. The molecule has 0 unspecified atom stereocenters. The molecule has 146 valence electrons. The van der Waals surface area contributed by atoms with Gasteiger partial charge >= 0.3 is 0 Å². The third kappa shape index (κ3) is 5.65. The molecule has 0 fully saturated rings. The van der Waals surface area contributed by atoms with E-state index in [2.05, 4.69) is 5.32 Å². The van der Waals surface area contributed by atoms with E-state index >= 15 is 0 Å². The molecule has 0 saturated carbocycles. The number of hydrogen-bond acceptors (Lipinski definition) is 4. The van der Waals surface area contributed by atoms with E-state index in [-0.39, 0.29) is 6.54 Å². The van der Waals surface area contributed by atoms with Crippen LogP contribution < -0.4 is 14.4 Å². The summed E-state index contributed by atoms with van der Waals surface area (Å²) >= 11 is 0.